The van der Waals surface area contributed by atoms with E-state index in [9.17, 15) is 18.0 Å². The fourth-order valence-electron chi connectivity index (χ4n) is 1.98. The number of nitrogens with one attached hydrogen (secondary N) is 2. The van der Waals surface area contributed by atoms with Crippen LogP contribution in [0.15, 0.2) is 35.7 Å². The van der Waals surface area contributed by atoms with Gasteiger partial charge < -0.3 is 10.6 Å². The van der Waals surface area contributed by atoms with Gasteiger partial charge in [-0.1, -0.05) is 6.07 Å². The van der Waals surface area contributed by atoms with E-state index < -0.39 is 23.2 Å². The van der Waals surface area contributed by atoms with E-state index in [2.05, 4.69) is 4.98 Å². The summed E-state index contributed by atoms with van der Waals surface area (Å²) in [5, 5.41) is 13.1. The van der Waals surface area contributed by atoms with Gasteiger partial charge in [0.25, 0.3) is 11.4 Å². The number of nitriles is 1. The SMILES string of the molecule is CC1=C(C#N)[C@](Nc2ccccn2)(C(F)(F)F)C(=O)N1. The Bertz CT molecular complexity index is 618. The van der Waals surface area contributed by atoms with Crippen LogP contribution in [-0.2, 0) is 4.79 Å². The van der Waals surface area contributed by atoms with Crippen molar-refractivity contribution >= 4 is 11.7 Å². The molecule has 1 aromatic heterocycles. The first-order valence-electron chi connectivity index (χ1n) is 5.52. The normalized spacial score (nSPS) is 22.4. The van der Waals surface area contributed by atoms with E-state index in [4.69, 9.17) is 5.26 Å². The lowest BCUT2D eigenvalue weighted by Gasteiger charge is -2.30. The number of hydrogen-bond acceptors (Lipinski definition) is 4. The van der Waals surface area contributed by atoms with Crippen molar-refractivity contribution in [3.8, 4) is 6.07 Å². The van der Waals surface area contributed by atoms with Crippen molar-refractivity contribution in [1.82, 2.24) is 10.3 Å². The second-order valence-corrected chi connectivity index (χ2v) is 4.15. The van der Waals surface area contributed by atoms with Gasteiger partial charge in [0.1, 0.15) is 5.82 Å². The van der Waals surface area contributed by atoms with Crippen LogP contribution < -0.4 is 10.6 Å². The van der Waals surface area contributed by atoms with Crippen molar-refractivity contribution in [3.05, 3.63) is 35.7 Å². The average Bonchev–Trinajstić information content (AvgIpc) is 2.61. The Labute approximate surface area is 112 Å². The highest BCUT2D eigenvalue weighted by Gasteiger charge is 2.66. The molecule has 8 heteroatoms. The fourth-order valence-corrected chi connectivity index (χ4v) is 1.98. The Morgan fingerprint density at radius 2 is 2.15 bits per heavy atom. The molecule has 1 aromatic rings. The highest BCUT2D eigenvalue weighted by molar-refractivity contribution is 6.00. The molecule has 0 bridgehead atoms. The third kappa shape index (κ3) is 1.87. The van der Waals surface area contributed by atoms with Crippen LogP contribution in [0.1, 0.15) is 6.92 Å². The van der Waals surface area contributed by atoms with Crippen molar-refractivity contribution < 1.29 is 18.0 Å². The van der Waals surface area contributed by atoms with Crippen molar-refractivity contribution in [2.24, 2.45) is 0 Å². The Balaban J connectivity index is 2.59. The molecular weight excluding hydrogens is 273 g/mol. The molecule has 2 heterocycles. The molecule has 20 heavy (non-hydrogen) atoms. The van der Waals surface area contributed by atoms with Gasteiger partial charge in [-0.25, -0.2) is 4.98 Å². The van der Waals surface area contributed by atoms with Crippen LogP contribution >= 0.6 is 0 Å². The molecule has 2 rings (SSSR count). The molecule has 0 spiro atoms. The van der Waals surface area contributed by atoms with Gasteiger partial charge in [0.15, 0.2) is 0 Å². The maximum absolute atomic E-state index is 13.4. The number of aromatic nitrogens is 1. The van der Waals surface area contributed by atoms with Gasteiger partial charge in [-0.2, -0.15) is 18.4 Å². The molecule has 1 atom stereocenters. The molecular formula is C12H9F3N4O. The molecule has 0 aromatic carbocycles. The number of halogens is 3. The van der Waals surface area contributed by atoms with E-state index in [-0.39, 0.29) is 11.5 Å². The number of carbonyl (C=O) groups is 1. The molecule has 1 aliphatic rings. The number of pyridine rings is 1. The van der Waals surface area contributed by atoms with Gasteiger partial charge in [0.05, 0.1) is 11.6 Å². The zero-order chi connectivity index (χ0) is 15.0. The molecule has 104 valence electrons. The largest absolute Gasteiger partial charge is 0.425 e. The molecule has 0 aliphatic carbocycles. The second-order valence-electron chi connectivity index (χ2n) is 4.15. The second kappa shape index (κ2) is 4.52. The highest BCUT2D eigenvalue weighted by Crippen LogP contribution is 2.42. The summed E-state index contributed by atoms with van der Waals surface area (Å²) in [6.07, 6.45) is -3.71. The summed E-state index contributed by atoms with van der Waals surface area (Å²) in [5.41, 5.74) is -3.95. The van der Waals surface area contributed by atoms with Crippen LogP contribution in [0.2, 0.25) is 0 Å². The number of alkyl halides is 3. The Morgan fingerprint density at radius 1 is 1.45 bits per heavy atom. The van der Waals surface area contributed by atoms with E-state index in [0.29, 0.717) is 0 Å². The van der Waals surface area contributed by atoms with Gasteiger partial charge in [-0.05, 0) is 19.1 Å². The molecule has 0 saturated carbocycles. The average molecular weight is 282 g/mol. The van der Waals surface area contributed by atoms with Gasteiger partial charge in [0, 0.05) is 11.9 Å². The number of hydrogen-bond donors (Lipinski definition) is 2. The van der Waals surface area contributed by atoms with Crippen LogP contribution in [0.5, 0.6) is 0 Å². The lowest BCUT2D eigenvalue weighted by atomic mass is 9.90. The summed E-state index contributed by atoms with van der Waals surface area (Å²) in [4.78, 5) is 15.5. The standard InChI is InChI=1S/C12H9F3N4O/c1-7-8(6-16)11(10(20)18-7,12(13,14)15)19-9-4-2-3-5-17-9/h2-5H,1H3,(H,17,19)(H,18,20)/t11-/m1/s1. The van der Waals surface area contributed by atoms with Crippen LogP contribution in [-0.4, -0.2) is 22.6 Å². The minimum absolute atomic E-state index is 0.127. The Kier molecular flexibility index (Phi) is 3.13. The monoisotopic (exact) mass is 282 g/mol. The smallest absolute Gasteiger partial charge is 0.344 e. The molecule has 0 unspecified atom stereocenters. The van der Waals surface area contributed by atoms with Crippen molar-refractivity contribution in [2.75, 3.05) is 5.32 Å². The maximum Gasteiger partial charge on any atom is 0.425 e. The molecule has 0 saturated heterocycles. The van der Waals surface area contributed by atoms with Crippen LogP contribution in [0.3, 0.4) is 0 Å². The predicted molar refractivity (Wildman–Crippen MR) is 63.1 cm³/mol. The molecule has 5 nitrogen and oxygen atoms in total. The third-order valence-electron chi connectivity index (χ3n) is 2.91. The number of nitrogens with zero attached hydrogens (tertiary/aromatic N) is 2. The van der Waals surface area contributed by atoms with E-state index in [1.165, 1.54) is 37.4 Å². The van der Waals surface area contributed by atoms with Gasteiger partial charge >= 0.3 is 6.18 Å². The van der Waals surface area contributed by atoms with Gasteiger partial charge in [0.2, 0.25) is 0 Å². The van der Waals surface area contributed by atoms with Crippen LogP contribution in [0, 0.1) is 11.3 Å². The summed E-state index contributed by atoms with van der Waals surface area (Å²) < 4.78 is 40.3. The summed E-state index contributed by atoms with van der Waals surface area (Å²) in [7, 11) is 0. The Hall–Kier alpha value is -2.56. The molecule has 1 amide bonds. The van der Waals surface area contributed by atoms with E-state index in [1.807, 2.05) is 10.6 Å². The van der Waals surface area contributed by atoms with Crippen molar-refractivity contribution in [2.45, 2.75) is 18.6 Å². The minimum Gasteiger partial charge on any atom is -0.344 e. The molecule has 0 radical (unpaired) electrons. The summed E-state index contributed by atoms with van der Waals surface area (Å²) in [6, 6.07) is 5.72. The number of carbonyl (C=O) groups excluding carboxylic acids is 1. The predicted octanol–water partition coefficient (Wildman–Crippen LogP) is 1.72. The first kappa shape index (κ1) is 13.9. The number of rotatable bonds is 2. The van der Waals surface area contributed by atoms with Crippen LogP contribution in [0.25, 0.3) is 0 Å². The first-order chi connectivity index (χ1) is 9.33. The summed E-state index contributed by atoms with van der Waals surface area (Å²) in [5.74, 6) is -1.49. The zero-order valence-electron chi connectivity index (χ0n) is 10.2. The summed E-state index contributed by atoms with van der Waals surface area (Å²) >= 11 is 0. The molecule has 0 fully saturated rings. The van der Waals surface area contributed by atoms with Gasteiger partial charge in [-0.15, -0.1) is 0 Å². The number of anilines is 1. The van der Waals surface area contributed by atoms with Crippen LogP contribution in [0.4, 0.5) is 19.0 Å². The molecule has 1 aliphatic heterocycles. The van der Waals surface area contributed by atoms with Gasteiger partial charge in [-0.3, -0.25) is 4.79 Å². The minimum atomic E-state index is -4.99. The quantitative estimate of drug-likeness (QED) is 0.865. The zero-order valence-corrected chi connectivity index (χ0v) is 10.2. The van der Waals surface area contributed by atoms with E-state index in [0.717, 1.165) is 0 Å². The fraction of sp³-hybridized carbons (Fsp3) is 0.250. The van der Waals surface area contributed by atoms with Crippen molar-refractivity contribution in [1.29, 1.82) is 5.26 Å². The van der Waals surface area contributed by atoms with Crippen molar-refractivity contribution in [3.63, 3.8) is 0 Å². The lowest BCUT2D eigenvalue weighted by Crippen LogP contribution is -2.59. The number of amides is 1. The lowest BCUT2D eigenvalue weighted by molar-refractivity contribution is -0.174. The maximum atomic E-state index is 13.4. The highest BCUT2D eigenvalue weighted by atomic mass is 19.4. The third-order valence-corrected chi connectivity index (χ3v) is 2.91. The first-order valence-corrected chi connectivity index (χ1v) is 5.52. The van der Waals surface area contributed by atoms with E-state index >= 15 is 0 Å². The van der Waals surface area contributed by atoms with E-state index in [1.54, 1.807) is 0 Å². The summed E-state index contributed by atoms with van der Waals surface area (Å²) in [6.45, 7) is 1.24. The Morgan fingerprint density at radius 3 is 2.65 bits per heavy atom. The molecule has 2 N–H and O–H groups in total. The number of allylic oxidation sites excluding steroid dienone is 1. The topological polar surface area (TPSA) is 77.8 Å².